The van der Waals surface area contributed by atoms with Crippen LogP contribution in [0.15, 0.2) is 47.5 Å². The second-order valence-electron chi connectivity index (χ2n) is 10.7. The fourth-order valence-electron chi connectivity index (χ4n) is 5.15. The molecule has 2 aromatic carbocycles. The maximum absolute atomic E-state index is 11.7. The average Bonchev–Trinajstić information content (AvgIpc) is 3.18. The van der Waals surface area contributed by atoms with Crippen molar-refractivity contribution in [3.05, 3.63) is 53.6 Å². The molecule has 3 heterocycles. The maximum atomic E-state index is 11.7. The number of hydrogen-bond acceptors (Lipinski definition) is 5. The molecule has 5 rings (SSSR count). The van der Waals surface area contributed by atoms with Gasteiger partial charge in [0.2, 0.25) is 12.3 Å². The highest BCUT2D eigenvalue weighted by atomic mass is 16.5. The van der Waals surface area contributed by atoms with Gasteiger partial charge < -0.3 is 19.4 Å². The van der Waals surface area contributed by atoms with Crippen LogP contribution in [-0.2, 0) is 9.59 Å². The molecule has 198 valence electrons. The third kappa shape index (κ3) is 6.32. The van der Waals surface area contributed by atoms with Crippen LogP contribution in [0.3, 0.4) is 0 Å². The van der Waals surface area contributed by atoms with Crippen molar-refractivity contribution in [2.45, 2.75) is 65.3 Å². The first-order valence-corrected chi connectivity index (χ1v) is 13.5. The van der Waals surface area contributed by atoms with E-state index in [1.165, 1.54) is 12.0 Å². The summed E-state index contributed by atoms with van der Waals surface area (Å²) in [7, 11) is 0. The lowest BCUT2D eigenvalue weighted by atomic mass is 10.0. The van der Waals surface area contributed by atoms with Crippen LogP contribution in [0, 0.1) is 6.92 Å². The first-order valence-electron chi connectivity index (χ1n) is 13.5. The summed E-state index contributed by atoms with van der Waals surface area (Å²) in [5, 5.41) is 0. The number of aliphatic imine (C=N–C) groups is 1. The minimum absolute atomic E-state index is 0.116. The van der Waals surface area contributed by atoms with Gasteiger partial charge in [-0.3, -0.25) is 9.59 Å². The molecule has 2 amide bonds. The molecule has 3 aliphatic heterocycles. The molecule has 2 aromatic rings. The first kappa shape index (κ1) is 26.7. The predicted molar refractivity (Wildman–Crippen MR) is 148 cm³/mol. The number of carbonyl (C=O) groups is 2. The Balaban J connectivity index is 0.000000209. The number of fused-ring (bicyclic) bond motifs is 2. The van der Waals surface area contributed by atoms with Crippen LogP contribution in [0.5, 0.6) is 11.5 Å². The van der Waals surface area contributed by atoms with E-state index < -0.39 is 0 Å². The number of para-hydroxylation sites is 2. The third-order valence-electron chi connectivity index (χ3n) is 7.40. The Morgan fingerprint density at radius 1 is 1.05 bits per heavy atom. The van der Waals surface area contributed by atoms with E-state index in [2.05, 4.69) is 49.6 Å². The number of unbranched alkanes of at least 4 members (excludes halogenated alkanes) is 1. The summed E-state index contributed by atoms with van der Waals surface area (Å²) in [5.74, 6) is 2.86. The van der Waals surface area contributed by atoms with E-state index in [1.807, 2.05) is 30.3 Å². The number of carbonyl (C=O) groups excluding carboxylic acids is 2. The summed E-state index contributed by atoms with van der Waals surface area (Å²) in [5.41, 5.74) is 3.12. The Morgan fingerprint density at radius 3 is 2.49 bits per heavy atom. The van der Waals surface area contributed by atoms with Gasteiger partial charge in [0.15, 0.2) is 5.75 Å². The van der Waals surface area contributed by atoms with Gasteiger partial charge in [0, 0.05) is 44.7 Å². The Hall–Kier alpha value is -3.35. The molecule has 2 fully saturated rings. The molecule has 0 bridgehead atoms. The zero-order chi connectivity index (χ0) is 26.4. The summed E-state index contributed by atoms with van der Waals surface area (Å²) in [6.07, 6.45) is 6.13. The first-order chi connectivity index (χ1) is 17.8. The maximum Gasteiger partial charge on any atom is 0.223 e. The summed E-state index contributed by atoms with van der Waals surface area (Å²) in [6.45, 7) is 12.5. The second-order valence-corrected chi connectivity index (χ2v) is 10.7. The van der Waals surface area contributed by atoms with Gasteiger partial charge in [-0.2, -0.15) is 0 Å². The van der Waals surface area contributed by atoms with Crippen molar-refractivity contribution in [3.8, 4) is 11.5 Å². The van der Waals surface area contributed by atoms with Gasteiger partial charge in [-0.05, 0) is 64.3 Å². The Bertz CT molecular complexity index is 1140. The van der Waals surface area contributed by atoms with Gasteiger partial charge >= 0.3 is 0 Å². The summed E-state index contributed by atoms with van der Waals surface area (Å²) in [6, 6.07) is 14.0. The van der Waals surface area contributed by atoms with Crippen LogP contribution < -0.4 is 4.74 Å². The number of amides is 2. The molecule has 0 atom stereocenters. The second kappa shape index (κ2) is 11.8. The molecular weight excluding hydrogens is 464 g/mol. The average molecular weight is 505 g/mol. The Morgan fingerprint density at radius 2 is 1.81 bits per heavy atom. The number of benzene rings is 2. The van der Waals surface area contributed by atoms with Crippen molar-refractivity contribution in [1.29, 1.82) is 0 Å². The number of aryl methyl sites for hydroxylation is 1. The van der Waals surface area contributed by atoms with E-state index in [1.54, 1.807) is 4.90 Å². The number of likely N-dealkylation sites (tertiary alicyclic amines) is 1. The summed E-state index contributed by atoms with van der Waals surface area (Å²) < 4.78 is 6.11. The minimum Gasteiger partial charge on any atom is -0.454 e. The fraction of sp³-hybridized carbons (Fsp3) is 0.500. The van der Waals surface area contributed by atoms with Crippen LogP contribution in [0.2, 0.25) is 0 Å². The van der Waals surface area contributed by atoms with Crippen LogP contribution in [0.25, 0.3) is 0 Å². The minimum atomic E-state index is 0.116. The third-order valence-corrected chi connectivity index (χ3v) is 7.40. The highest BCUT2D eigenvalue weighted by Gasteiger charge is 2.34. The molecule has 7 nitrogen and oxygen atoms in total. The van der Waals surface area contributed by atoms with Crippen molar-refractivity contribution in [2.24, 2.45) is 4.99 Å². The molecule has 3 aliphatic rings. The van der Waals surface area contributed by atoms with E-state index in [0.29, 0.717) is 19.0 Å². The Kier molecular flexibility index (Phi) is 8.52. The van der Waals surface area contributed by atoms with Gasteiger partial charge in [0.05, 0.1) is 5.56 Å². The fourth-order valence-corrected chi connectivity index (χ4v) is 5.15. The van der Waals surface area contributed by atoms with Crippen LogP contribution in [-0.4, -0.2) is 71.1 Å². The molecule has 2 saturated heterocycles. The monoisotopic (exact) mass is 504 g/mol. The molecule has 37 heavy (non-hydrogen) atoms. The zero-order valence-corrected chi connectivity index (χ0v) is 22.7. The molecule has 0 saturated carbocycles. The van der Waals surface area contributed by atoms with Crippen LogP contribution >= 0.6 is 0 Å². The molecular formula is C30H40N4O3. The van der Waals surface area contributed by atoms with Gasteiger partial charge in [0.1, 0.15) is 17.3 Å². The molecule has 7 heteroatoms. The van der Waals surface area contributed by atoms with E-state index in [0.717, 1.165) is 80.3 Å². The molecule has 0 spiro atoms. The zero-order valence-electron chi connectivity index (χ0n) is 22.7. The highest BCUT2D eigenvalue weighted by Crippen LogP contribution is 2.38. The highest BCUT2D eigenvalue weighted by molar-refractivity contribution is 6.04. The normalized spacial score (nSPS) is 17.9. The standard InChI is InChI=1S/C19H19N3O2.C11H21NO/c1-14-6-7-17-15(12-14)19(22-10-8-21(13-23)9-11-22)20-16-4-2-3-5-18(16)24-17;1-4-5-7-10(13)12-9-6-8-11(12,2)3/h2-7,12-13H,8-11H2,1H3;4-9H2,1-3H3. The van der Waals surface area contributed by atoms with Gasteiger partial charge in [-0.25, -0.2) is 4.99 Å². The van der Waals surface area contributed by atoms with Crippen molar-refractivity contribution in [2.75, 3.05) is 32.7 Å². The number of nitrogens with zero attached hydrogens (tertiary/aromatic N) is 4. The molecule has 0 radical (unpaired) electrons. The van der Waals surface area contributed by atoms with Crippen molar-refractivity contribution < 1.29 is 14.3 Å². The van der Waals surface area contributed by atoms with E-state index in [-0.39, 0.29) is 5.54 Å². The van der Waals surface area contributed by atoms with Crippen LogP contribution in [0.1, 0.15) is 64.0 Å². The lowest BCUT2D eigenvalue weighted by molar-refractivity contribution is -0.134. The summed E-state index contributed by atoms with van der Waals surface area (Å²) >= 11 is 0. The van der Waals surface area contributed by atoms with Gasteiger partial charge in [0.25, 0.3) is 0 Å². The molecule has 0 N–H and O–H groups in total. The van der Waals surface area contributed by atoms with E-state index in [4.69, 9.17) is 9.73 Å². The number of piperazine rings is 1. The predicted octanol–water partition coefficient (Wildman–Crippen LogP) is 5.53. The van der Waals surface area contributed by atoms with E-state index in [9.17, 15) is 9.59 Å². The quantitative estimate of drug-likeness (QED) is 0.514. The lowest BCUT2D eigenvalue weighted by Crippen LogP contribution is -2.48. The Labute approximate surface area is 221 Å². The number of ether oxygens (including phenoxy) is 1. The lowest BCUT2D eigenvalue weighted by Gasteiger charge is -2.34. The smallest absolute Gasteiger partial charge is 0.223 e. The van der Waals surface area contributed by atoms with E-state index >= 15 is 0 Å². The SMILES string of the molecule is CCCCC(=O)N1CCCC1(C)C.Cc1ccc2c(c1)C(N1CCN(C=O)CC1)=Nc1ccccc1O2. The molecule has 0 unspecified atom stereocenters. The van der Waals surface area contributed by atoms with Crippen molar-refractivity contribution in [3.63, 3.8) is 0 Å². The van der Waals surface area contributed by atoms with Crippen molar-refractivity contribution >= 4 is 23.8 Å². The summed E-state index contributed by atoms with van der Waals surface area (Å²) in [4.78, 5) is 33.7. The number of amidine groups is 1. The number of rotatable bonds is 4. The largest absolute Gasteiger partial charge is 0.454 e. The molecule has 0 aliphatic carbocycles. The van der Waals surface area contributed by atoms with Gasteiger partial charge in [-0.15, -0.1) is 0 Å². The molecule has 0 aromatic heterocycles. The van der Waals surface area contributed by atoms with Crippen molar-refractivity contribution in [1.82, 2.24) is 14.7 Å². The van der Waals surface area contributed by atoms with Crippen LogP contribution in [0.4, 0.5) is 5.69 Å². The van der Waals surface area contributed by atoms with Gasteiger partial charge in [-0.1, -0.05) is 37.1 Å². The number of hydrogen-bond donors (Lipinski definition) is 0. The topological polar surface area (TPSA) is 65.5 Å².